The second-order valence-corrected chi connectivity index (χ2v) is 5.56. The topological polar surface area (TPSA) is 70.9 Å². The molecular formula is C16H17N3O2. The Morgan fingerprint density at radius 1 is 1.38 bits per heavy atom. The molecule has 1 aromatic carbocycles. The summed E-state index contributed by atoms with van der Waals surface area (Å²) < 4.78 is 1.76. The highest BCUT2D eigenvalue weighted by atomic mass is 16.4. The number of hydrogen-bond donors (Lipinski definition) is 2. The molecular weight excluding hydrogens is 266 g/mol. The van der Waals surface area contributed by atoms with Gasteiger partial charge in [-0.3, -0.25) is 4.68 Å². The van der Waals surface area contributed by atoms with Crippen molar-refractivity contribution < 1.29 is 9.90 Å². The second kappa shape index (κ2) is 5.09. The summed E-state index contributed by atoms with van der Waals surface area (Å²) >= 11 is 0. The number of para-hydroxylation sites is 1. The molecule has 3 aromatic rings. The van der Waals surface area contributed by atoms with Gasteiger partial charge in [0.2, 0.25) is 0 Å². The maximum Gasteiger partial charge on any atom is 0.339 e. The fourth-order valence-corrected chi connectivity index (χ4v) is 2.51. The van der Waals surface area contributed by atoms with Crippen LogP contribution in [0, 0.1) is 5.92 Å². The number of nitrogens with one attached hydrogen (secondary N) is 1. The van der Waals surface area contributed by atoms with Gasteiger partial charge in [-0.15, -0.1) is 0 Å². The van der Waals surface area contributed by atoms with Crippen LogP contribution >= 0.6 is 0 Å². The molecule has 3 rings (SSSR count). The number of carboxylic acids is 1. The van der Waals surface area contributed by atoms with Crippen molar-refractivity contribution in [3.63, 3.8) is 0 Å². The van der Waals surface area contributed by atoms with Crippen molar-refractivity contribution in [2.24, 2.45) is 5.92 Å². The highest BCUT2D eigenvalue weighted by Gasteiger charge is 2.20. The molecule has 0 atom stereocenters. The molecule has 0 fully saturated rings. The number of H-pyrrole nitrogens is 1. The van der Waals surface area contributed by atoms with Crippen LogP contribution in [0.4, 0.5) is 0 Å². The number of aromatic amines is 1. The van der Waals surface area contributed by atoms with Crippen molar-refractivity contribution in [2.75, 3.05) is 0 Å². The molecule has 0 aliphatic carbocycles. The Morgan fingerprint density at radius 2 is 2.14 bits per heavy atom. The number of carboxylic acid groups (broad SMARTS) is 1. The van der Waals surface area contributed by atoms with Gasteiger partial charge < -0.3 is 10.1 Å². The van der Waals surface area contributed by atoms with E-state index < -0.39 is 5.97 Å². The predicted octanol–water partition coefficient (Wildman–Crippen LogP) is 3.39. The summed E-state index contributed by atoms with van der Waals surface area (Å²) in [5, 5.41) is 14.7. The number of carbonyl (C=O) groups is 1. The van der Waals surface area contributed by atoms with Gasteiger partial charge in [0.15, 0.2) is 0 Å². The molecule has 0 aliphatic rings. The lowest BCUT2D eigenvalue weighted by Crippen LogP contribution is -2.09. The normalized spacial score (nSPS) is 11.4. The van der Waals surface area contributed by atoms with Crippen molar-refractivity contribution in [1.29, 1.82) is 0 Å². The molecule has 0 unspecified atom stereocenters. The molecule has 0 aliphatic heterocycles. The maximum atomic E-state index is 11.4. The fraction of sp³-hybridized carbons (Fsp3) is 0.250. The third-order valence-electron chi connectivity index (χ3n) is 3.39. The van der Waals surface area contributed by atoms with Gasteiger partial charge >= 0.3 is 5.97 Å². The number of benzene rings is 1. The molecule has 2 aromatic heterocycles. The van der Waals surface area contributed by atoms with E-state index in [1.807, 2.05) is 30.3 Å². The molecule has 108 valence electrons. The summed E-state index contributed by atoms with van der Waals surface area (Å²) in [7, 11) is 0. The molecule has 5 nitrogen and oxygen atoms in total. The first-order valence-corrected chi connectivity index (χ1v) is 6.93. The average Bonchev–Trinajstić information content (AvgIpc) is 3.00. The van der Waals surface area contributed by atoms with Gasteiger partial charge in [-0.25, -0.2) is 4.79 Å². The minimum atomic E-state index is -0.960. The van der Waals surface area contributed by atoms with E-state index in [2.05, 4.69) is 23.9 Å². The largest absolute Gasteiger partial charge is 0.478 e. The Morgan fingerprint density at radius 3 is 2.81 bits per heavy atom. The van der Waals surface area contributed by atoms with Crippen LogP contribution in [0.15, 0.2) is 36.5 Å². The lowest BCUT2D eigenvalue weighted by Gasteiger charge is -2.09. The smallest absolute Gasteiger partial charge is 0.339 e. The monoisotopic (exact) mass is 283 g/mol. The molecule has 0 amide bonds. The van der Waals surface area contributed by atoms with Gasteiger partial charge in [0.05, 0.1) is 17.6 Å². The zero-order valence-corrected chi connectivity index (χ0v) is 12.0. The van der Waals surface area contributed by atoms with Crippen molar-refractivity contribution in [2.45, 2.75) is 20.4 Å². The summed E-state index contributed by atoms with van der Waals surface area (Å²) in [6.07, 6.45) is 1.42. The van der Waals surface area contributed by atoms with Gasteiger partial charge in [0, 0.05) is 17.4 Å². The molecule has 0 saturated heterocycles. The van der Waals surface area contributed by atoms with Gasteiger partial charge in [-0.2, -0.15) is 5.10 Å². The average molecular weight is 283 g/mol. The van der Waals surface area contributed by atoms with Gasteiger partial charge in [-0.05, 0) is 18.1 Å². The van der Waals surface area contributed by atoms with Gasteiger partial charge in [0.25, 0.3) is 0 Å². The molecule has 5 heteroatoms. The lowest BCUT2D eigenvalue weighted by molar-refractivity contribution is 0.0697. The third kappa shape index (κ3) is 2.42. The Balaban J connectivity index is 2.18. The summed E-state index contributed by atoms with van der Waals surface area (Å²) in [5.74, 6) is -0.576. The fourth-order valence-electron chi connectivity index (χ4n) is 2.51. The van der Waals surface area contributed by atoms with Crippen LogP contribution in [0.5, 0.6) is 0 Å². The van der Waals surface area contributed by atoms with Crippen LogP contribution in [0.1, 0.15) is 24.2 Å². The Kier molecular flexibility index (Phi) is 3.25. The van der Waals surface area contributed by atoms with E-state index in [0.29, 0.717) is 18.2 Å². The number of nitrogens with zero attached hydrogens (tertiary/aromatic N) is 2. The summed E-state index contributed by atoms with van der Waals surface area (Å²) in [6.45, 7) is 4.84. The number of fused-ring (bicyclic) bond motifs is 1. The van der Waals surface area contributed by atoms with E-state index in [0.717, 1.165) is 16.6 Å². The quantitative estimate of drug-likeness (QED) is 0.771. The molecule has 2 N–H and O–H groups in total. The van der Waals surface area contributed by atoms with Crippen LogP contribution in [0.3, 0.4) is 0 Å². The van der Waals surface area contributed by atoms with Crippen molar-refractivity contribution in [3.8, 4) is 11.4 Å². The Hall–Kier alpha value is -2.56. The summed E-state index contributed by atoms with van der Waals surface area (Å²) in [6, 6.07) is 9.85. The molecule has 0 bridgehead atoms. The minimum Gasteiger partial charge on any atom is -0.478 e. The van der Waals surface area contributed by atoms with Crippen molar-refractivity contribution >= 4 is 16.9 Å². The van der Waals surface area contributed by atoms with Crippen molar-refractivity contribution in [3.05, 3.63) is 42.1 Å². The first-order chi connectivity index (χ1) is 10.1. The zero-order valence-electron chi connectivity index (χ0n) is 12.0. The van der Waals surface area contributed by atoms with E-state index in [9.17, 15) is 9.90 Å². The minimum absolute atomic E-state index is 0.224. The predicted molar refractivity (Wildman–Crippen MR) is 81.3 cm³/mol. The van der Waals surface area contributed by atoms with Gasteiger partial charge in [0.1, 0.15) is 5.56 Å². The maximum absolute atomic E-state index is 11.4. The van der Waals surface area contributed by atoms with E-state index in [1.54, 1.807) is 4.68 Å². The van der Waals surface area contributed by atoms with Crippen LogP contribution in [0.2, 0.25) is 0 Å². The number of hydrogen-bond acceptors (Lipinski definition) is 2. The van der Waals surface area contributed by atoms with Crippen LogP contribution in [-0.2, 0) is 6.54 Å². The summed E-state index contributed by atoms with van der Waals surface area (Å²) in [4.78, 5) is 14.7. The number of aromatic carboxylic acids is 1. The second-order valence-electron chi connectivity index (χ2n) is 5.56. The van der Waals surface area contributed by atoms with Gasteiger partial charge in [-0.1, -0.05) is 32.0 Å². The van der Waals surface area contributed by atoms with E-state index in [-0.39, 0.29) is 5.56 Å². The van der Waals surface area contributed by atoms with E-state index in [1.165, 1.54) is 6.20 Å². The highest BCUT2D eigenvalue weighted by Crippen LogP contribution is 2.27. The highest BCUT2D eigenvalue weighted by molar-refractivity contribution is 5.96. The standard InChI is InChI=1S/C16H17N3O2/c1-10(2)9-19-15(12(8-17-19)16(20)21)14-7-11-5-3-4-6-13(11)18-14/h3-8,10,18H,9H2,1-2H3,(H,20,21). The third-order valence-corrected chi connectivity index (χ3v) is 3.39. The molecule has 0 saturated carbocycles. The number of rotatable bonds is 4. The van der Waals surface area contributed by atoms with E-state index in [4.69, 9.17) is 0 Å². The Bertz CT molecular complexity index is 766. The number of aromatic nitrogens is 3. The van der Waals surface area contributed by atoms with E-state index >= 15 is 0 Å². The first-order valence-electron chi connectivity index (χ1n) is 6.93. The SMILES string of the molecule is CC(C)Cn1ncc(C(=O)O)c1-c1cc2ccccc2[nH]1. The lowest BCUT2D eigenvalue weighted by atomic mass is 10.1. The molecule has 21 heavy (non-hydrogen) atoms. The van der Waals surface area contributed by atoms with Crippen LogP contribution in [0.25, 0.3) is 22.3 Å². The summed E-state index contributed by atoms with van der Waals surface area (Å²) in [5.41, 5.74) is 2.63. The molecule has 0 spiro atoms. The first kappa shape index (κ1) is 13.4. The molecule has 0 radical (unpaired) electrons. The van der Waals surface area contributed by atoms with Crippen LogP contribution in [-0.4, -0.2) is 25.8 Å². The molecule has 2 heterocycles. The van der Waals surface area contributed by atoms with Crippen molar-refractivity contribution in [1.82, 2.24) is 14.8 Å². The Labute approximate surface area is 122 Å². The zero-order chi connectivity index (χ0) is 15.0. The van der Waals surface area contributed by atoms with Crippen LogP contribution < -0.4 is 0 Å².